The molecule has 0 radical (unpaired) electrons. The topological polar surface area (TPSA) is 65.0 Å². The van der Waals surface area contributed by atoms with Crippen molar-refractivity contribution >= 4 is 11.4 Å². The number of para-hydroxylation sites is 1. The van der Waals surface area contributed by atoms with Gasteiger partial charge in [-0.1, -0.05) is 44.2 Å². The van der Waals surface area contributed by atoms with Gasteiger partial charge >= 0.3 is 0 Å². The molecule has 0 saturated carbocycles. The highest BCUT2D eigenvalue weighted by atomic mass is 16.5. The third kappa shape index (κ3) is 6.79. The number of aliphatic hydroxyl groups is 1. The number of piperazine rings is 1. The summed E-state index contributed by atoms with van der Waals surface area (Å²) in [7, 11) is 0. The van der Waals surface area contributed by atoms with Crippen molar-refractivity contribution < 1.29 is 9.84 Å². The molecule has 0 amide bonds. The molecule has 31 heavy (non-hydrogen) atoms. The minimum absolute atomic E-state index is 0.00623. The molecule has 0 aromatic heterocycles. The smallest absolute Gasteiger partial charge is 0.206 e. The van der Waals surface area contributed by atoms with Crippen molar-refractivity contribution in [1.29, 1.82) is 0 Å². The lowest BCUT2D eigenvalue weighted by Crippen LogP contribution is -2.46. The maximum Gasteiger partial charge on any atom is 0.206 e. The van der Waals surface area contributed by atoms with Gasteiger partial charge in [-0.2, -0.15) is 0 Å². The van der Waals surface area contributed by atoms with E-state index in [2.05, 4.69) is 59.3 Å². The predicted octanol–water partition coefficient (Wildman–Crippen LogP) is 2.91. The Balaban J connectivity index is 1.68. The largest absolute Gasteiger partial charge is 0.394 e. The Bertz CT molecular complexity index is 865. The highest BCUT2D eigenvalue weighted by molar-refractivity contribution is 5.48. The second kappa shape index (κ2) is 11.8. The zero-order chi connectivity index (χ0) is 22.1. The molecule has 2 N–H and O–H groups in total. The maximum atomic E-state index is 13.2. The van der Waals surface area contributed by atoms with Crippen LogP contribution in [0.3, 0.4) is 0 Å². The molecular formula is C25H35N3O3. The normalized spacial score (nSPS) is 14.8. The number of ether oxygens (including phenoxy) is 1. The van der Waals surface area contributed by atoms with E-state index in [1.807, 2.05) is 18.2 Å². The molecule has 1 heterocycles. The number of anilines is 2. The Kier molecular flexibility index (Phi) is 8.88. The summed E-state index contributed by atoms with van der Waals surface area (Å²) < 4.78 is 5.32. The minimum atomic E-state index is 0.00623. The molecule has 0 unspecified atom stereocenters. The Hall–Kier alpha value is -2.41. The van der Waals surface area contributed by atoms with E-state index >= 15 is 0 Å². The van der Waals surface area contributed by atoms with Crippen LogP contribution in [0.15, 0.2) is 53.3 Å². The van der Waals surface area contributed by atoms with Gasteiger partial charge in [0.15, 0.2) is 0 Å². The molecule has 1 aliphatic rings. The van der Waals surface area contributed by atoms with E-state index in [1.165, 1.54) is 5.69 Å². The Morgan fingerprint density at radius 2 is 1.77 bits per heavy atom. The Morgan fingerprint density at radius 1 is 1.03 bits per heavy atom. The van der Waals surface area contributed by atoms with Crippen LogP contribution in [0.1, 0.15) is 30.9 Å². The third-order valence-corrected chi connectivity index (χ3v) is 5.68. The van der Waals surface area contributed by atoms with Crippen molar-refractivity contribution in [1.82, 2.24) is 4.90 Å². The molecule has 6 nitrogen and oxygen atoms in total. The van der Waals surface area contributed by atoms with Gasteiger partial charge in [0.05, 0.1) is 25.5 Å². The van der Waals surface area contributed by atoms with Gasteiger partial charge in [-0.15, -0.1) is 0 Å². The van der Waals surface area contributed by atoms with E-state index in [-0.39, 0.29) is 12.0 Å². The molecule has 0 atom stereocenters. The van der Waals surface area contributed by atoms with E-state index < -0.39 is 0 Å². The maximum absolute atomic E-state index is 13.2. The summed E-state index contributed by atoms with van der Waals surface area (Å²) in [6.45, 7) is 10.0. The molecule has 0 bridgehead atoms. The van der Waals surface area contributed by atoms with E-state index in [1.54, 1.807) is 0 Å². The fraction of sp³-hybridized carbons (Fsp3) is 0.480. The van der Waals surface area contributed by atoms with Crippen molar-refractivity contribution in [3.8, 4) is 0 Å². The molecule has 0 spiro atoms. The van der Waals surface area contributed by atoms with Gasteiger partial charge in [0, 0.05) is 50.5 Å². The summed E-state index contributed by atoms with van der Waals surface area (Å²) in [5.74, 6) is 0.334. The van der Waals surface area contributed by atoms with E-state index in [0.29, 0.717) is 37.9 Å². The van der Waals surface area contributed by atoms with Crippen molar-refractivity contribution in [3.63, 3.8) is 0 Å². The fourth-order valence-corrected chi connectivity index (χ4v) is 3.81. The molecule has 0 aliphatic carbocycles. The number of nitrogens with one attached hydrogen (secondary N) is 1. The molecule has 1 saturated heterocycles. The molecule has 2 aromatic rings. The van der Waals surface area contributed by atoms with Gasteiger partial charge in [0.1, 0.15) is 0 Å². The summed E-state index contributed by atoms with van der Waals surface area (Å²) in [5, 5.41) is 12.1. The van der Waals surface area contributed by atoms with Crippen LogP contribution in [-0.4, -0.2) is 62.6 Å². The van der Waals surface area contributed by atoms with E-state index in [0.717, 1.165) is 37.3 Å². The quantitative estimate of drug-likeness (QED) is 0.571. The van der Waals surface area contributed by atoms with Crippen LogP contribution in [0.5, 0.6) is 0 Å². The number of nitrogens with zero attached hydrogens (tertiary/aromatic N) is 2. The molecule has 6 heteroatoms. The average Bonchev–Trinajstić information content (AvgIpc) is 2.94. The SMILES string of the molecule is CC(C)c1ccc(CN2CCN(c3ccccc3)CC2)c(=O)c(NCCOCCO)c1. The monoisotopic (exact) mass is 425 g/mol. The van der Waals surface area contributed by atoms with Gasteiger partial charge in [0.2, 0.25) is 5.43 Å². The number of hydrogen-bond acceptors (Lipinski definition) is 6. The average molecular weight is 426 g/mol. The zero-order valence-corrected chi connectivity index (χ0v) is 18.7. The van der Waals surface area contributed by atoms with Gasteiger partial charge in [-0.3, -0.25) is 9.69 Å². The number of aliphatic hydroxyl groups excluding tert-OH is 1. The molecule has 168 valence electrons. The summed E-state index contributed by atoms with van der Waals surface area (Å²) in [5.41, 5.74) is 3.89. The van der Waals surface area contributed by atoms with Crippen LogP contribution in [-0.2, 0) is 11.3 Å². The van der Waals surface area contributed by atoms with Crippen molar-refractivity contribution in [2.45, 2.75) is 26.3 Å². The molecule has 1 aliphatic heterocycles. The van der Waals surface area contributed by atoms with Crippen LogP contribution < -0.4 is 15.6 Å². The second-order valence-corrected chi connectivity index (χ2v) is 8.26. The van der Waals surface area contributed by atoms with E-state index in [4.69, 9.17) is 9.84 Å². The predicted molar refractivity (Wildman–Crippen MR) is 127 cm³/mol. The first-order valence-electron chi connectivity index (χ1n) is 11.2. The van der Waals surface area contributed by atoms with Gasteiger partial charge in [0.25, 0.3) is 0 Å². The molecular weight excluding hydrogens is 390 g/mol. The van der Waals surface area contributed by atoms with Crippen molar-refractivity contribution in [2.24, 2.45) is 0 Å². The van der Waals surface area contributed by atoms with Crippen molar-refractivity contribution in [2.75, 3.05) is 62.8 Å². The summed E-state index contributed by atoms with van der Waals surface area (Å²) in [4.78, 5) is 18.0. The number of benzene rings is 1. The Labute approximate surface area is 185 Å². The van der Waals surface area contributed by atoms with Crippen LogP contribution in [0.2, 0.25) is 0 Å². The first-order valence-corrected chi connectivity index (χ1v) is 11.2. The lowest BCUT2D eigenvalue weighted by molar-refractivity contribution is 0.0992. The van der Waals surface area contributed by atoms with Gasteiger partial charge < -0.3 is 20.1 Å². The standard InChI is InChI=1S/C25H35N3O3/c1-20(2)21-8-9-22(25(30)24(18-21)26-10-16-31-17-15-29)19-27-11-13-28(14-12-27)23-6-4-3-5-7-23/h3-9,18,20,29H,10-17,19H2,1-2H3,(H,26,30). The molecule has 1 fully saturated rings. The minimum Gasteiger partial charge on any atom is -0.394 e. The third-order valence-electron chi connectivity index (χ3n) is 5.68. The zero-order valence-electron chi connectivity index (χ0n) is 18.7. The second-order valence-electron chi connectivity index (χ2n) is 8.26. The first kappa shape index (κ1) is 23.3. The first-order chi connectivity index (χ1) is 15.1. The van der Waals surface area contributed by atoms with Crippen LogP contribution >= 0.6 is 0 Å². The van der Waals surface area contributed by atoms with E-state index in [9.17, 15) is 4.79 Å². The lowest BCUT2D eigenvalue weighted by atomic mass is 10.1. The number of rotatable bonds is 10. The van der Waals surface area contributed by atoms with Crippen LogP contribution in [0, 0.1) is 0 Å². The highest BCUT2D eigenvalue weighted by Gasteiger charge is 2.18. The van der Waals surface area contributed by atoms with Crippen molar-refractivity contribution in [3.05, 3.63) is 69.9 Å². The Morgan fingerprint density at radius 3 is 2.45 bits per heavy atom. The lowest BCUT2D eigenvalue weighted by Gasteiger charge is -2.36. The van der Waals surface area contributed by atoms with Crippen LogP contribution in [0.25, 0.3) is 0 Å². The highest BCUT2D eigenvalue weighted by Crippen LogP contribution is 2.19. The molecule has 3 rings (SSSR count). The number of hydrogen-bond donors (Lipinski definition) is 2. The summed E-state index contributed by atoms with van der Waals surface area (Å²) in [6.07, 6.45) is 0. The molecule has 2 aromatic carbocycles. The van der Waals surface area contributed by atoms with Crippen LogP contribution in [0.4, 0.5) is 11.4 Å². The fourth-order valence-electron chi connectivity index (χ4n) is 3.81. The van der Waals surface area contributed by atoms with Gasteiger partial charge in [-0.25, -0.2) is 0 Å². The summed E-state index contributed by atoms with van der Waals surface area (Å²) in [6, 6.07) is 16.5. The summed E-state index contributed by atoms with van der Waals surface area (Å²) >= 11 is 0. The van der Waals surface area contributed by atoms with Gasteiger partial charge in [-0.05, 0) is 29.7 Å².